The predicted molar refractivity (Wildman–Crippen MR) is 77.4 cm³/mol. The van der Waals surface area contributed by atoms with Crippen molar-refractivity contribution in [2.45, 2.75) is 19.8 Å². The lowest BCUT2D eigenvalue weighted by Crippen LogP contribution is -2.22. The Morgan fingerprint density at radius 3 is 2.65 bits per heavy atom. The van der Waals surface area contributed by atoms with Gasteiger partial charge in [0.1, 0.15) is 0 Å². The lowest BCUT2D eigenvalue weighted by molar-refractivity contribution is 0.0482. The Morgan fingerprint density at radius 2 is 2.00 bits per heavy atom. The molecule has 0 atom stereocenters. The van der Waals surface area contributed by atoms with Crippen molar-refractivity contribution >= 4 is 11.9 Å². The second kappa shape index (κ2) is 7.23. The largest absolute Gasteiger partial charge is 0.463 e. The molecule has 0 spiro atoms. The van der Waals surface area contributed by atoms with Crippen LogP contribution >= 0.6 is 0 Å². The van der Waals surface area contributed by atoms with Crippen molar-refractivity contribution in [2.24, 2.45) is 5.92 Å². The summed E-state index contributed by atoms with van der Waals surface area (Å²) >= 11 is 0. The van der Waals surface area contributed by atoms with Gasteiger partial charge in [-0.25, -0.2) is 0 Å². The smallest absolute Gasteiger partial charge is 0.323 e. The molecule has 1 aromatic heterocycles. The van der Waals surface area contributed by atoms with E-state index in [2.05, 4.69) is 20.3 Å². The summed E-state index contributed by atoms with van der Waals surface area (Å²) in [5.74, 6) is 1.66. The first-order valence-electron chi connectivity index (χ1n) is 7.07. The highest BCUT2D eigenvalue weighted by Gasteiger charge is 2.16. The summed E-state index contributed by atoms with van der Waals surface area (Å²) in [6.45, 7) is 5.03. The molecule has 2 heterocycles. The Morgan fingerprint density at radius 1 is 1.25 bits per heavy atom. The van der Waals surface area contributed by atoms with Gasteiger partial charge in [-0.1, -0.05) is 0 Å². The number of nitrogens with zero attached hydrogens (tertiary/aromatic N) is 4. The fourth-order valence-corrected chi connectivity index (χ4v) is 1.95. The SMILES string of the molecule is CCNc1nc(OCC2CCOCC2)nc(N(C)C)n1. The van der Waals surface area contributed by atoms with Crippen molar-refractivity contribution in [3.8, 4) is 6.01 Å². The van der Waals surface area contributed by atoms with Crippen LogP contribution in [0.3, 0.4) is 0 Å². The molecule has 0 aromatic carbocycles. The van der Waals surface area contributed by atoms with Crippen molar-refractivity contribution in [3.63, 3.8) is 0 Å². The molecule has 0 bridgehead atoms. The van der Waals surface area contributed by atoms with E-state index in [1.54, 1.807) is 0 Å². The molecule has 1 N–H and O–H groups in total. The molecule has 112 valence electrons. The molecule has 7 nitrogen and oxygen atoms in total. The van der Waals surface area contributed by atoms with E-state index in [1.165, 1.54) is 0 Å². The first kappa shape index (κ1) is 14.8. The van der Waals surface area contributed by atoms with Crippen LogP contribution in [0.5, 0.6) is 6.01 Å². The minimum absolute atomic E-state index is 0.381. The zero-order valence-corrected chi connectivity index (χ0v) is 12.4. The Bertz CT molecular complexity index is 421. The van der Waals surface area contributed by atoms with Crippen molar-refractivity contribution in [1.82, 2.24) is 15.0 Å². The van der Waals surface area contributed by atoms with E-state index in [0.717, 1.165) is 32.6 Å². The van der Waals surface area contributed by atoms with Crippen LogP contribution in [0.2, 0.25) is 0 Å². The van der Waals surface area contributed by atoms with Crippen LogP contribution in [0, 0.1) is 5.92 Å². The Balaban J connectivity index is 2.01. The van der Waals surface area contributed by atoms with Crippen molar-refractivity contribution < 1.29 is 9.47 Å². The number of anilines is 2. The van der Waals surface area contributed by atoms with Crippen LogP contribution < -0.4 is 15.0 Å². The van der Waals surface area contributed by atoms with Crippen LogP contribution in [0.4, 0.5) is 11.9 Å². The van der Waals surface area contributed by atoms with Gasteiger partial charge < -0.3 is 19.7 Å². The van der Waals surface area contributed by atoms with Gasteiger partial charge in [0.25, 0.3) is 0 Å². The van der Waals surface area contributed by atoms with Gasteiger partial charge in [-0.15, -0.1) is 0 Å². The molecule has 1 aliphatic heterocycles. The first-order chi connectivity index (χ1) is 9.69. The summed E-state index contributed by atoms with van der Waals surface area (Å²) in [6.07, 6.45) is 2.07. The van der Waals surface area contributed by atoms with E-state index < -0.39 is 0 Å². The molecular weight excluding hydrogens is 258 g/mol. The molecule has 20 heavy (non-hydrogen) atoms. The molecule has 1 aliphatic rings. The normalized spacial score (nSPS) is 15.9. The van der Waals surface area contributed by atoms with Gasteiger partial charge in [-0.2, -0.15) is 15.0 Å². The molecular formula is C13H23N5O2. The number of aromatic nitrogens is 3. The highest BCUT2D eigenvalue weighted by atomic mass is 16.5. The van der Waals surface area contributed by atoms with Crippen LogP contribution in [0.15, 0.2) is 0 Å². The molecule has 7 heteroatoms. The minimum Gasteiger partial charge on any atom is -0.463 e. The fourth-order valence-electron chi connectivity index (χ4n) is 1.95. The van der Waals surface area contributed by atoms with E-state index in [9.17, 15) is 0 Å². The second-order valence-corrected chi connectivity index (χ2v) is 5.03. The third-order valence-corrected chi connectivity index (χ3v) is 3.13. The topological polar surface area (TPSA) is 72.4 Å². The van der Waals surface area contributed by atoms with E-state index in [0.29, 0.717) is 30.4 Å². The maximum atomic E-state index is 5.74. The summed E-state index contributed by atoms with van der Waals surface area (Å²) in [6, 6.07) is 0.381. The molecule has 1 fully saturated rings. The summed E-state index contributed by atoms with van der Waals surface area (Å²) in [7, 11) is 3.79. The molecule has 0 amide bonds. The number of hydrogen-bond donors (Lipinski definition) is 1. The van der Waals surface area contributed by atoms with Crippen LogP contribution in [-0.2, 0) is 4.74 Å². The molecule has 0 aliphatic carbocycles. The lowest BCUT2D eigenvalue weighted by Gasteiger charge is -2.21. The monoisotopic (exact) mass is 281 g/mol. The third kappa shape index (κ3) is 4.19. The molecule has 0 radical (unpaired) electrons. The van der Waals surface area contributed by atoms with E-state index in [-0.39, 0.29) is 0 Å². The van der Waals surface area contributed by atoms with Gasteiger partial charge in [0.15, 0.2) is 0 Å². The Hall–Kier alpha value is -1.63. The molecule has 0 unspecified atom stereocenters. The van der Waals surface area contributed by atoms with Gasteiger partial charge in [0.05, 0.1) is 6.61 Å². The first-order valence-corrected chi connectivity index (χ1v) is 7.07. The maximum absolute atomic E-state index is 5.74. The third-order valence-electron chi connectivity index (χ3n) is 3.13. The van der Waals surface area contributed by atoms with E-state index >= 15 is 0 Å². The number of nitrogens with one attached hydrogen (secondary N) is 1. The van der Waals surface area contributed by atoms with Crippen LogP contribution in [0.1, 0.15) is 19.8 Å². The van der Waals surface area contributed by atoms with Crippen molar-refractivity contribution in [3.05, 3.63) is 0 Å². The minimum atomic E-state index is 0.381. The van der Waals surface area contributed by atoms with Gasteiger partial charge in [-0.05, 0) is 25.7 Å². The predicted octanol–water partition coefficient (Wildman–Crippen LogP) is 1.17. The Labute approximate surface area is 119 Å². The van der Waals surface area contributed by atoms with Crippen LogP contribution in [0.25, 0.3) is 0 Å². The standard InChI is InChI=1S/C13H23N5O2/c1-4-14-11-15-12(18(2)3)17-13(16-11)20-9-10-5-7-19-8-6-10/h10H,4-9H2,1-3H3,(H,14,15,16,17). The quantitative estimate of drug-likeness (QED) is 0.839. The van der Waals surface area contributed by atoms with E-state index in [4.69, 9.17) is 9.47 Å². The number of rotatable bonds is 6. The van der Waals surface area contributed by atoms with Gasteiger partial charge in [0, 0.05) is 33.9 Å². The number of hydrogen-bond acceptors (Lipinski definition) is 7. The lowest BCUT2D eigenvalue weighted by atomic mass is 10.0. The van der Waals surface area contributed by atoms with Crippen molar-refractivity contribution in [2.75, 3.05) is 50.7 Å². The summed E-state index contributed by atoms with van der Waals surface area (Å²) < 4.78 is 11.1. The highest BCUT2D eigenvalue weighted by molar-refractivity contribution is 5.36. The average Bonchev–Trinajstić information content (AvgIpc) is 2.46. The molecule has 1 saturated heterocycles. The zero-order chi connectivity index (χ0) is 14.4. The molecule has 0 saturated carbocycles. The fraction of sp³-hybridized carbons (Fsp3) is 0.769. The maximum Gasteiger partial charge on any atom is 0.323 e. The van der Waals surface area contributed by atoms with E-state index in [1.807, 2.05) is 25.9 Å². The van der Waals surface area contributed by atoms with Gasteiger partial charge in [0.2, 0.25) is 11.9 Å². The summed E-state index contributed by atoms with van der Waals surface area (Å²) in [5, 5.41) is 3.09. The second-order valence-electron chi connectivity index (χ2n) is 5.03. The molecule has 2 rings (SSSR count). The van der Waals surface area contributed by atoms with Crippen molar-refractivity contribution in [1.29, 1.82) is 0 Å². The highest BCUT2D eigenvalue weighted by Crippen LogP contribution is 2.18. The summed E-state index contributed by atoms with van der Waals surface area (Å²) in [4.78, 5) is 14.7. The Kier molecular flexibility index (Phi) is 5.34. The van der Waals surface area contributed by atoms with Gasteiger partial charge in [-0.3, -0.25) is 0 Å². The molecule has 1 aromatic rings. The number of ether oxygens (including phenoxy) is 2. The zero-order valence-electron chi connectivity index (χ0n) is 12.4. The average molecular weight is 281 g/mol. The van der Waals surface area contributed by atoms with Gasteiger partial charge >= 0.3 is 6.01 Å². The van der Waals surface area contributed by atoms with Crippen LogP contribution in [-0.4, -0.2) is 55.4 Å². The summed E-state index contributed by atoms with van der Waals surface area (Å²) in [5.41, 5.74) is 0.